The Bertz CT molecular complexity index is 388. The fraction of sp³-hybridized carbons (Fsp3) is 0.533. The van der Waals surface area contributed by atoms with Crippen molar-refractivity contribution >= 4 is 5.78 Å². The van der Waals surface area contributed by atoms with Crippen molar-refractivity contribution in [3.8, 4) is 0 Å². The molecular weight excluding hydrogens is 210 g/mol. The van der Waals surface area contributed by atoms with E-state index in [9.17, 15) is 4.79 Å². The Balaban J connectivity index is 2.03. The van der Waals surface area contributed by atoms with Crippen molar-refractivity contribution in [2.45, 2.75) is 33.1 Å². The highest BCUT2D eigenvalue weighted by molar-refractivity contribution is 5.86. The van der Waals surface area contributed by atoms with Crippen molar-refractivity contribution in [1.82, 2.24) is 5.32 Å². The van der Waals surface area contributed by atoms with E-state index in [1.54, 1.807) is 0 Å². The summed E-state index contributed by atoms with van der Waals surface area (Å²) in [5.74, 6) is 0.392. The van der Waals surface area contributed by atoms with Crippen LogP contribution in [-0.2, 0) is 11.2 Å². The Labute approximate surface area is 103 Å². The maximum atomic E-state index is 12.3. The standard InChI is InChI=1S/C15H21NO/c1-12-3-5-13(6-4-12)11-14(17)15(2)7-9-16-10-8-15/h3-6,16H,7-11H2,1-2H3. The molecule has 0 aliphatic carbocycles. The molecule has 0 aromatic heterocycles. The third-order valence-corrected chi connectivity index (χ3v) is 3.87. The molecule has 0 saturated carbocycles. The first-order valence-electron chi connectivity index (χ1n) is 6.40. The fourth-order valence-electron chi connectivity index (χ4n) is 2.36. The van der Waals surface area contributed by atoms with Crippen LogP contribution in [0.1, 0.15) is 30.9 Å². The first kappa shape index (κ1) is 12.3. The first-order valence-corrected chi connectivity index (χ1v) is 6.40. The molecule has 2 nitrogen and oxygen atoms in total. The fourth-order valence-corrected chi connectivity index (χ4v) is 2.36. The number of nitrogens with one attached hydrogen (secondary N) is 1. The molecule has 1 aliphatic rings. The lowest BCUT2D eigenvalue weighted by atomic mass is 9.75. The van der Waals surface area contributed by atoms with Crippen molar-refractivity contribution in [3.63, 3.8) is 0 Å². The van der Waals surface area contributed by atoms with Gasteiger partial charge in [0.15, 0.2) is 0 Å². The Morgan fingerprint density at radius 1 is 1.24 bits per heavy atom. The molecule has 0 radical (unpaired) electrons. The van der Waals surface area contributed by atoms with Gasteiger partial charge in [0.25, 0.3) is 0 Å². The minimum atomic E-state index is -0.115. The number of carbonyl (C=O) groups is 1. The van der Waals surface area contributed by atoms with E-state index in [1.807, 2.05) is 0 Å². The zero-order valence-electron chi connectivity index (χ0n) is 10.8. The second-order valence-electron chi connectivity index (χ2n) is 5.40. The number of piperidine rings is 1. The van der Waals surface area contributed by atoms with Gasteiger partial charge in [-0.25, -0.2) is 0 Å². The van der Waals surface area contributed by atoms with Gasteiger partial charge < -0.3 is 5.32 Å². The molecule has 1 fully saturated rings. The van der Waals surface area contributed by atoms with E-state index in [2.05, 4.69) is 43.4 Å². The normalized spacial score (nSPS) is 18.9. The number of Topliss-reactive ketones (excluding diaryl/α,β-unsaturated/α-hetero) is 1. The van der Waals surface area contributed by atoms with Gasteiger partial charge in [-0.1, -0.05) is 36.8 Å². The average molecular weight is 231 g/mol. The summed E-state index contributed by atoms with van der Waals surface area (Å²) in [6, 6.07) is 8.29. The maximum absolute atomic E-state index is 12.3. The van der Waals surface area contributed by atoms with Crippen molar-refractivity contribution in [3.05, 3.63) is 35.4 Å². The highest BCUT2D eigenvalue weighted by Gasteiger charge is 2.33. The topological polar surface area (TPSA) is 29.1 Å². The second kappa shape index (κ2) is 5.01. The van der Waals surface area contributed by atoms with Gasteiger partial charge in [-0.3, -0.25) is 4.79 Å². The minimum Gasteiger partial charge on any atom is -0.317 e. The van der Waals surface area contributed by atoms with E-state index in [-0.39, 0.29) is 5.41 Å². The van der Waals surface area contributed by atoms with Gasteiger partial charge in [-0.15, -0.1) is 0 Å². The molecule has 92 valence electrons. The van der Waals surface area contributed by atoms with Crippen LogP contribution in [0, 0.1) is 12.3 Å². The molecule has 17 heavy (non-hydrogen) atoms. The predicted octanol–water partition coefficient (Wildman–Crippen LogP) is 2.50. The molecule has 1 aliphatic heterocycles. The molecule has 1 aromatic carbocycles. The number of benzene rings is 1. The number of ketones is 1. The molecule has 0 atom stereocenters. The molecule has 0 spiro atoms. The van der Waals surface area contributed by atoms with E-state index >= 15 is 0 Å². The number of hydrogen-bond acceptors (Lipinski definition) is 2. The van der Waals surface area contributed by atoms with E-state index in [0.717, 1.165) is 31.5 Å². The van der Waals surface area contributed by atoms with Gasteiger partial charge in [0.05, 0.1) is 0 Å². The van der Waals surface area contributed by atoms with Gasteiger partial charge in [0.2, 0.25) is 0 Å². The van der Waals surface area contributed by atoms with Crippen LogP contribution in [0.25, 0.3) is 0 Å². The van der Waals surface area contributed by atoms with Crippen LogP contribution in [0.3, 0.4) is 0 Å². The van der Waals surface area contributed by atoms with E-state index in [4.69, 9.17) is 0 Å². The van der Waals surface area contributed by atoms with Gasteiger partial charge in [0.1, 0.15) is 5.78 Å². The highest BCUT2D eigenvalue weighted by atomic mass is 16.1. The molecule has 1 aromatic rings. The quantitative estimate of drug-likeness (QED) is 0.866. The van der Waals surface area contributed by atoms with Crippen LogP contribution in [0.4, 0.5) is 0 Å². The second-order valence-corrected chi connectivity index (χ2v) is 5.40. The summed E-state index contributed by atoms with van der Waals surface area (Å²) in [6.07, 6.45) is 2.52. The summed E-state index contributed by atoms with van der Waals surface area (Å²) in [5.41, 5.74) is 2.27. The van der Waals surface area contributed by atoms with Gasteiger partial charge >= 0.3 is 0 Å². The van der Waals surface area contributed by atoms with Gasteiger partial charge in [-0.2, -0.15) is 0 Å². The molecule has 0 amide bonds. The molecule has 0 bridgehead atoms. The smallest absolute Gasteiger partial charge is 0.143 e. The van der Waals surface area contributed by atoms with Gasteiger partial charge in [-0.05, 0) is 38.4 Å². The van der Waals surface area contributed by atoms with E-state index in [1.165, 1.54) is 5.56 Å². The summed E-state index contributed by atoms with van der Waals surface area (Å²) in [6.45, 7) is 6.12. The molecule has 2 rings (SSSR count). The number of carbonyl (C=O) groups excluding carboxylic acids is 1. The van der Waals surface area contributed by atoms with Crippen LogP contribution in [0.5, 0.6) is 0 Å². The lowest BCUT2D eigenvalue weighted by molar-refractivity contribution is -0.128. The summed E-state index contributed by atoms with van der Waals surface area (Å²) >= 11 is 0. The molecule has 1 N–H and O–H groups in total. The SMILES string of the molecule is Cc1ccc(CC(=O)C2(C)CCNCC2)cc1. The largest absolute Gasteiger partial charge is 0.317 e. The Morgan fingerprint density at radius 2 is 1.82 bits per heavy atom. The summed E-state index contributed by atoms with van der Waals surface area (Å²) in [7, 11) is 0. The zero-order chi connectivity index (χ0) is 12.3. The minimum absolute atomic E-state index is 0.115. The molecule has 1 heterocycles. The van der Waals surface area contributed by atoms with Crippen molar-refractivity contribution in [2.75, 3.05) is 13.1 Å². The van der Waals surface area contributed by atoms with Crippen LogP contribution in [0.15, 0.2) is 24.3 Å². The summed E-state index contributed by atoms with van der Waals surface area (Å²) < 4.78 is 0. The third-order valence-electron chi connectivity index (χ3n) is 3.87. The van der Waals surface area contributed by atoms with Crippen LogP contribution in [0.2, 0.25) is 0 Å². The lowest BCUT2D eigenvalue weighted by Gasteiger charge is -2.32. The van der Waals surface area contributed by atoms with Crippen LogP contribution >= 0.6 is 0 Å². The van der Waals surface area contributed by atoms with E-state index in [0.29, 0.717) is 12.2 Å². The third kappa shape index (κ3) is 2.95. The van der Waals surface area contributed by atoms with Gasteiger partial charge in [0, 0.05) is 11.8 Å². The molecule has 0 unspecified atom stereocenters. The monoisotopic (exact) mass is 231 g/mol. The van der Waals surface area contributed by atoms with E-state index < -0.39 is 0 Å². The van der Waals surface area contributed by atoms with Crippen molar-refractivity contribution in [2.24, 2.45) is 5.41 Å². The summed E-state index contributed by atoms with van der Waals surface area (Å²) in [5, 5.41) is 3.31. The van der Waals surface area contributed by atoms with Crippen LogP contribution < -0.4 is 5.32 Å². The molecular formula is C15H21NO. The number of rotatable bonds is 3. The van der Waals surface area contributed by atoms with Crippen molar-refractivity contribution < 1.29 is 4.79 Å². The number of aryl methyl sites for hydroxylation is 1. The highest BCUT2D eigenvalue weighted by Crippen LogP contribution is 2.30. The Kier molecular flexibility index (Phi) is 3.63. The Morgan fingerprint density at radius 3 is 2.41 bits per heavy atom. The predicted molar refractivity (Wildman–Crippen MR) is 70.1 cm³/mol. The lowest BCUT2D eigenvalue weighted by Crippen LogP contribution is -2.40. The average Bonchev–Trinajstić information content (AvgIpc) is 2.33. The zero-order valence-corrected chi connectivity index (χ0v) is 10.8. The van der Waals surface area contributed by atoms with Crippen LogP contribution in [-0.4, -0.2) is 18.9 Å². The number of hydrogen-bond donors (Lipinski definition) is 1. The summed E-state index contributed by atoms with van der Waals surface area (Å²) in [4.78, 5) is 12.3. The first-order chi connectivity index (χ1) is 8.10. The molecule has 2 heteroatoms. The molecule has 1 saturated heterocycles. The van der Waals surface area contributed by atoms with Crippen molar-refractivity contribution in [1.29, 1.82) is 0 Å². The maximum Gasteiger partial charge on any atom is 0.143 e. The Hall–Kier alpha value is -1.15.